The number of amides is 1. The van der Waals surface area contributed by atoms with Crippen LogP contribution in [0, 0.1) is 11.7 Å². The summed E-state index contributed by atoms with van der Waals surface area (Å²) in [6, 6.07) is 3.26. The Morgan fingerprint density at radius 3 is 2.63 bits per heavy atom. The fraction of sp³-hybridized carbons (Fsp3) is 0.677. The topological polar surface area (TPSA) is 99.8 Å². The number of halogens is 1. The van der Waals surface area contributed by atoms with E-state index in [0.29, 0.717) is 18.9 Å². The predicted molar refractivity (Wildman–Crippen MR) is 158 cm³/mol. The third-order valence-corrected chi connectivity index (χ3v) is 9.87. The lowest BCUT2D eigenvalue weighted by Crippen LogP contribution is -2.51. The van der Waals surface area contributed by atoms with Crippen molar-refractivity contribution in [3.8, 4) is 5.75 Å². The fourth-order valence-electron chi connectivity index (χ4n) is 7.23. The monoisotopic (exact) mass is 569 g/mol. The Morgan fingerprint density at radius 1 is 1.15 bits per heavy atom. The van der Waals surface area contributed by atoms with Crippen LogP contribution in [0.25, 0.3) is 0 Å². The summed E-state index contributed by atoms with van der Waals surface area (Å²) in [5.41, 5.74) is 11.2. The van der Waals surface area contributed by atoms with Crippen LogP contribution in [0.5, 0.6) is 5.75 Å². The number of fused-ring (bicyclic) bond motifs is 2. The van der Waals surface area contributed by atoms with E-state index in [1.165, 1.54) is 6.07 Å². The van der Waals surface area contributed by atoms with E-state index in [1.54, 1.807) is 6.07 Å². The van der Waals surface area contributed by atoms with Crippen LogP contribution >= 0.6 is 0 Å². The Balaban J connectivity index is 1.26. The summed E-state index contributed by atoms with van der Waals surface area (Å²) in [7, 11) is 1.92. The van der Waals surface area contributed by atoms with Crippen LogP contribution < -0.4 is 10.9 Å². The zero-order valence-electron chi connectivity index (χ0n) is 25.3. The van der Waals surface area contributed by atoms with Gasteiger partial charge >= 0.3 is 0 Å². The van der Waals surface area contributed by atoms with E-state index in [2.05, 4.69) is 46.4 Å². The van der Waals surface area contributed by atoms with Gasteiger partial charge in [-0.3, -0.25) is 15.1 Å². The predicted octanol–water partition coefficient (Wildman–Crippen LogP) is 3.47. The Hall–Kier alpha value is -2.53. The highest BCUT2D eigenvalue weighted by atomic mass is 19.1. The number of aryl methyl sites for hydroxylation is 1. The first-order valence-electron chi connectivity index (χ1n) is 15.6. The number of hydrogen-bond acceptors (Lipinski definition) is 7. The first kappa shape index (κ1) is 29.9. The number of rotatable bonds is 10. The molecule has 0 bridgehead atoms. The van der Waals surface area contributed by atoms with Crippen molar-refractivity contribution in [1.29, 1.82) is 0 Å². The lowest BCUT2D eigenvalue weighted by molar-refractivity contribution is -0.136. The molecule has 4 unspecified atom stereocenters. The third kappa shape index (κ3) is 6.02. The maximum atomic E-state index is 14.3. The molecule has 5 atom stereocenters. The van der Waals surface area contributed by atoms with Gasteiger partial charge in [0.25, 0.3) is 0 Å². The van der Waals surface area contributed by atoms with Gasteiger partial charge in [-0.05, 0) is 80.4 Å². The number of aromatic nitrogens is 2. The summed E-state index contributed by atoms with van der Waals surface area (Å²) in [5, 5.41) is 9.87. The van der Waals surface area contributed by atoms with Gasteiger partial charge in [0, 0.05) is 39.1 Å². The van der Waals surface area contributed by atoms with E-state index >= 15 is 0 Å². The number of hydrazine groups is 1. The number of aromatic amines is 1. The highest BCUT2D eigenvalue weighted by Crippen LogP contribution is 2.44. The highest BCUT2D eigenvalue weighted by Gasteiger charge is 2.44. The molecule has 0 spiro atoms. The quantitative estimate of drug-likeness (QED) is 0.348. The molecule has 10 heteroatoms. The fourth-order valence-corrected chi connectivity index (χ4v) is 7.23. The zero-order valence-corrected chi connectivity index (χ0v) is 25.3. The van der Waals surface area contributed by atoms with E-state index in [0.717, 1.165) is 86.7 Å². The molecule has 1 saturated heterocycles. The number of likely N-dealkylation sites (N-methyl/N-ethyl adjacent to an activating group) is 3. The number of phenols is 1. The van der Waals surface area contributed by atoms with Crippen molar-refractivity contribution in [3.05, 3.63) is 46.3 Å². The average Bonchev–Trinajstić information content (AvgIpc) is 3.60. The van der Waals surface area contributed by atoms with Crippen molar-refractivity contribution in [1.82, 2.24) is 35.5 Å². The molecule has 4 N–H and O–H groups in total. The molecule has 1 amide bonds. The number of hydrogen-bond donors (Lipinski definition) is 4. The van der Waals surface area contributed by atoms with Gasteiger partial charge in [0.2, 0.25) is 5.91 Å². The van der Waals surface area contributed by atoms with E-state index in [9.17, 15) is 14.3 Å². The molecule has 2 fully saturated rings. The Morgan fingerprint density at radius 2 is 1.93 bits per heavy atom. The molecule has 1 saturated carbocycles. The average molecular weight is 570 g/mol. The summed E-state index contributed by atoms with van der Waals surface area (Å²) in [6.45, 7) is 13.6. The van der Waals surface area contributed by atoms with Crippen LogP contribution in [0.3, 0.4) is 0 Å². The Bertz CT molecular complexity index is 1220. The second-order valence-corrected chi connectivity index (χ2v) is 12.0. The number of benzene rings is 1. The number of nitrogens with one attached hydrogen (secondary N) is 3. The van der Waals surface area contributed by atoms with Crippen molar-refractivity contribution in [2.24, 2.45) is 5.92 Å². The lowest BCUT2D eigenvalue weighted by atomic mass is 9.73. The number of H-pyrrole nitrogens is 1. The summed E-state index contributed by atoms with van der Waals surface area (Å²) >= 11 is 0. The van der Waals surface area contributed by atoms with Gasteiger partial charge in [-0.2, -0.15) is 0 Å². The Labute approximate surface area is 243 Å². The van der Waals surface area contributed by atoms with Crippen molar-refractivity contribution in [3.63, 3.8) is 0 Å². The molecule has 1 aromatic carbocycles. The van der Waals surface area contributed by atoms with Crippen molar-refractivity contribution in [2.45, 2.75) is 90.4 Å². The van der Waals surface area contributed by atoms with Crippen LogP contribution in [0.15, 0.2) is 12.1 Å². The SMILES string of the molecule is CCc1cc(O)c(F)cc1C1CCC2C(C1)NNC2c1nc2c([nH]1)CN(CC)[C@@H](C(=O)N(C)CCN(CC)CC)C2. The van der Waals surface area contributed by atoms with Crippen molar-refractivity contribution in [2.75, 3.05) is 39.8 Å². The van der Waals surface area contributed by atoms with Crippen molar-refractivity contribution < 1.29 is 14.3 Å². The molecule has 0 radical (unpaired) electrons. The molecule has 1 aliphatic carbocycles. The van der Waals surface area contributed by atoms with E-state index in [-0.39, 0.29) is 35.7 Å². The third-order valence-electron chi connectivity index (χ3n) is 9.87. The minimum absolute atomic E-state index is 0.0646. The molecular weight excluding hydrogens is 521 g/mol. The maximum Gasteiger partial charge on any atom is 0.240 e. The minimum atomic E-state index is -0.538. The second kappa shape index (κ2) is 12.8. The second-order valence-electron chi connectivity index (χ2n) is 12.0. The van der Waals surface area contributed by atoms with Crippen LogP contribution in [0.4, 0.5) is 4.39 Å². The normalized spacial score (nSPS) is 26.3. The molecule has 9 nitrogen and oxygen atoms in total. The Kier molecular flexibility index (Phi) is 9.33. The zero-order chi connectivity index (χ0) is 29.3. The first-order chi connectivity index (χ1) is 19.8. The molecule has 3 heterocycles. The van der Waals surface area contributed by atoms with Gasteiger partial charge in [-0.15, -0.1) is 0 Å². The number of aromatic hydroxyl groups is 1. The highest BCUT2D eigenvalue weighted by molar-refractivity contribution is 5.82. The van der Waals surface area contributed by atoms with Gasteiger partial charge in [-0.25, -0.2) is 14.8 Å². The molecule has 41 heavy (non-hydrogen) atoms. The summed E-state index contributed by atoms with van der Waals surface area (Å²) in [4.78, 5) is 28.7. The molecule has 1 aromatic heterocycles. The van der Waals surface area contributed by atoms with E-state index < -0.39 is 5.82 Å². The van der Waals surface area contributed by atoms with Gasteiger partial charge in [0.05, 0.1) is 23.5 Å². The van der Waals surface area contributed by atoms with Gasteiger partial charge in [-0.1, -0.05) is 27.7 Å². The molecule has 2 aliphatic heterocycles. The van der Waals surface area contributed by atoms with Crippen LogP contribution in [0.1, 0.15) is 87.3 Å². The van der Waals surface area contributed by atoms with Crippen LogP contribution in [0.2, 0.25) is 0 Å². The summed E-state index contributed by atoms with van der Waals surface area (Å²) < 4.78 is 14.3. The van der Waals surface area contributed by atoms with Gasteiger partial charge in [0.1, 0.15) is 5.82 Å². The maximum absolute atomic E-state index is 14.3. The summed E-state index contributed by atoms with van der Waals surface area (Å²) in [5.74, 6) is 0.935. The molecular formula is C31H48FN7O2. The largest absolute Gasteiger partial charge is 0.505 e. The lowest BCUT2D eigenvalue weighted by Gasteiger charge is -2.35. The molecule has 226 valence electrons. The minimum Gasteiger partial charge on any atom is -0.505 e. The number of carbonyl (C=O) groups is 1. The first-order valence-corrected chi connectivity index (χ1v) is 15.6. The number of phenolic OH excluding ortho intramolecular Hbond substituents is 1. The standard InChI is InChI=1S/C31H48FN7O2/c1-6-19-15-28(40)23(32)16-22(19)20-10-11-21-24(14-20)35-36-29(21)30-33-25-17-27(39(9-4)18-26(25)34-30)31(41)37(5)12-13-38(7-2)8-3/h15-16,20-21,24,27,29,35-36,40H,6-14,17-18H2,1-5H3,(H,33,34)/t20?,21?,24?,27-,29?/m1/s1. The van der Waals surface area contributed by atoms with Crippen LogP contribution in [-0.2, 0) is 24.2 Å². The van der Waals surface area contributed by atoms with Gasteiger partial charge in [0.15, 0.2) is 11.6 Å². The van der Waals surface area contributed by atoms with Crippen molar-refractivity contribution >= 4 is 5.91 Å². The number of carbonyl (C=O) groups excluding carboxylic acids is 1. The summed E-state index contributed by atoms with van der Waals surface area (Å²) in [6.07, 6.45) is 4.27. The van der Waals surface area contributed by atoms with Gasteiger partial charge < -0.3 is 19.9 Å². The molecule has 5 rings (SSSR count). The molecule has 2 aromatic rings. The van der Waals surface area contributed by atoms with E-state index in [4.69, 9.17) is 4.98 Å². The number of imidazole rings is 1. The number of nitrogens with zero attached hydrogens (tertiary/aromatic N) is 4. The smallest absolute Gasteiger partial charge is 0.240 e. The van der Waals surface area contributed by atoms with Crippen LogP contribution in [-0.4, -0.2) is 87.5 Å². The molecule has 3 aliphatic rings. The van der Waals surface area contributed by atoms with E-state index in [1.807, 2.05) is 18.9 Å².